The summed E-state index contributed by atoms with van der Waals surface area (Å²) in [5.41, 5.74) is -0.472. The first-order valence-corrected chi connectivity index (χ1v) is 8.17. The Morgan fingerprint density at radius 2 is 1.65 bits per heavy atom. The van der Waals surface area contributed by atoms with E-state index < -0.39 is 32.3 Å². The van der Waals surface area contributed by atoms with Crippen molar-refractivity contribution in [3.63, 3.8) is 0 Å². The van der Waals surface area contributed by atoms with Crippen LogP contribution < -0.4 is 64.2 Å². The van der Waals surface area contributed by atoms with Gasteiger partial charge in [0.1, 0.15) is 15.8 Å². The van der Waals surface area contributed by atoms with Gasteiger partial charge in [-0.2, -0.15) is 5.11 Å². The molecule has 2 rings (SSSR count). The monoisotopic (exact) mass is 434 g/mol. The van der Waals surface area contributed by atoms with E-state index in [1.807, 2.05) is 0 Å². The molecule has 8 nitrogen and oxygen atoms in total. The van der Waals surface area contributed by atoms with Crippen LogP contribution >= 0.6 is 23.2 Å². The van der Waals surface area contributed by atoms with Gasteiger partial charge in [0.15, 0.2) is 0 Å². The molecule has 0 spiro atoms. The molecule has 0 heterocycles. The Morgan fingerprint density at radius 3 is 2.19 bits per heavy atom. The normalized spacial score (nSPS) is 10.9. The molecule has 0 saturated carbocycles. The van der Waals surface area contributed by atoms with Gasteiger partial charge in [-0.05, 0) is 24.3 Å². The molecule has 26 heavy (non-hydrogen) atoms. The number of halogens is 2. The summed E-state index contributed by atoms with van der Waals surface area (Å²) in [5.74, 6) is -2.10. The summed E-state index contributed by atoms with van der Waals surface area (Å²) in [6.07, 6.45) is 0. The first-order valence-electron chi connectivity index (χ1n) is 6.00. The molecular formula is C13H6Cl2N2Na2O6S. The molecule has 0 radical (unpaired) electrons. The van der Waals surface area contributed by atoms with Crippen molar-refractivity contribution in [2.75, 3.05) is 0 Å². The van der Waals surface area contributed by atoms with E-state index in [0.29, 0.717) is 0 Å². The van der Waals surface area contributed by atoms with Gasteiger partial charge in [-0.1, -0.05) is 35.0 Å². The minimum absolute atomic E-state index is 0. The van der Waals surface area contributed by atoms with Crippen LogP contribution in [0, 0.1) is 0 Å². The standard InChI is InChI=1S/C13H8Cl2N2O6S.2Na/c14-8-5-12(24(21,22)23)9(15)4-10(8)17-16-6-1-2-11(18)7(3-6)13(19)20;;/h1-5,18H,(H,19,20)(H,21,22,23);;/q;2*+1/p-2. The predicted molar refractivity (Wildman–Crippen MR) is 81.4 cm³/mol. The Kier molecular flexibility index (Phi) is 10.3. The van der Waals surface area contributed by atoms with Crippen molar-refractivity contribution in [1.29, 1.82) is 0 Å². The molecule has 0 aliphatic carbocycles. The molecule has 0 unspecified atom stereocenters. The number of azo groups is 1. The molecule has 0 aromatic heterocycles. The van der Waals surface area contributed by atoms with Crippen LogP contribution in [0.3, 0.4) is 0 Å². The van der Waals surface area contributed by atoms with Gasteiger partial charge < -0.3 is 14.8 Å². The van der Waals surface area contributed by atoms with Crippen LogP contribution in [0.5, 0.6) is 5.75 Å². The molecule has 0 saturated heterocycles. The number of hydrogen-bond acceptors (Lipinski definition) is 7. The Bertz CT molecular complexity index is 969. The van der Waals surface area contributed by atoms with Crippen molar-refractivity contribution in [3.8, 4) is 5.75 Å². The number of hydrogen-bond donors (Lipinski definition) is 1. The first kappa shape index (κ1) is 25.8. The van der Waals surface area contributed by atoms with E-state index in [2.05, 4.69) is 10.2 Å². The molecule has 0 fully saturated rings. The maximum atomic E-state index is 11.3. The largest absolute Gasteiger partial charge is 1.00 e. The zero-order valence-corrected chi connectivity index (χ0v) is 19.8. The van der Waals surface area contributed by atoms with Gasteiger partial charge in [0, 0.05) is 0 Å². The molecule has 0 aliphatic rings. The Balaban J connectivity index is 0.00000312. The first-order chi connectivity index (χ1) is 11.1. The second-order valence-corrected chi connectivity index (χ2v) is 6.54. The number of carboxylic acids is 1. The van der Waals surface area contributed by atoms with Gasteiger partial charge in [0.05, 0.1) is 26.2 Å². The summed E-state index contributed by atoms with van der Waals surface area (Å²) in [5, 5.41) is 27.0. The van der Waals surface area contributed by atoms with Gasteiger partial charge in [-0.15, -0.1) is 5.11 Å². The minimum atomic E-state index is -4.80. The fourth-order valence-corrected chi connectivity index (χ4v) is 2.91. The summed E-state index contributed by atoms with van der Waals surface area (Å²) in [6, 6.07) is 5.13. The molecular weight excluding hydrogens is 429 g/mol. The molecule has 0 bridgehead atoms. The minimum Gasteiger partial charge on any atom is -0.872 e. The van der Waals surface area contributed by atoms with E-state index >= 15 is 0 Å². The number of carboxylic acid groups (broad SMARTS) is 1. The molecule has 126 valence electrons. The van der Waals surface area contributed by atoms with E-state index in [9.17, 15) is 22.9 Å². The number of carbonyl (C=O) groups is 1. The zero-order chi connectivity index (χ0) is 18.1. The van der Waals surface area contributed by atoms with Gasteiger partial charge in [0.2, 0.25) is 0 Å². The molecule has 0 atom stereocenters. The Hall–Kier alpha value is -0.200. The van der Waals surface area contributed by atoms with E-state index in [-0.39, 0.29) is 80.5 Å². The van der Waals surface area contributed by atoms with E-state index in [0.717, 1.165) is 24.3 Å². The maximum Gasteiger partial charge on any atom is 1.00 e. The molecule has 2 aromatic rings. The Labute approximate surface area is 202 Å². The van der Waals surface area contributed by atoms with Gasteiger partial charge in [-0.25, -0.2) is 13.2 Å². The number of benzene rings is 2. The van der Waals surface area contributed by atoms with Crippen LogP contribution in [0.4, 0.5) is 11.4 Å². The average molecular weight is 435 g/mol. The topological polar surface area (TPSA) is 142 Å². The fourth-order valence-electron chi connectivity index (χ4n) is 1.65. The van der Waals surface area contributed by atoms with Crippen molar-refractivity contribution in [2.24, 2.45) is 10.2 Å². The number of nitrogens with zero attached hydrogens (tertiary/aromatic N) is 2. The smallest absolute Gasteiger partial charge is 0.872 e. The van der Waals surface area contributed by atoms with E-state index in [1.165, 1.54) is 6.07 Å². The van der Waals surface area contributed by atoms with Crippen LogP contribution in [0.25, 0.3) is 0 Å². The summed E-state index contributed by atoms with van der Waals surface area (Å²) in [4.78, 5) is 10.2. The van der Waals surface area contributed by atoms with E-state index in [4.69, 9.17) is 28.3 Å². The number of rotatable bonds is 4. The van der Waals surface area contributed by atoms with Crippen LogP contribution in [0.15, 0.2) is 45.5 Å². The quantitative estimate of drug-likeness (QED) is 0.310. The third-order valence-corrected chi connectivity index (χ3v) is 4.34. The van der Waals surface area contributed by atoms with Crippen LogP contribution in [0.1, 0.15) is 10.4 Å². The van der Waals surface area contributed by atoms with Crippen molar-refractivity contribution in [3.05, 3.63) is 45.9 Å². The van der Waals surface area contributed by atoms with Gasteiger partial charge in [-0.3, -0.25) is 0 Å². The Morgan fingerprint density at radius 1 is 1.04 bits per heavy atom. The van der Waals surface area contributed by atoms with Crippen molar-refractivity contribution in [2.45, 2.75) is 4.90 Å². The third kappa shape index (κ3) is 6.45. The molecule has 2 aromatic carbocycles. The average Bonchev–Trinajstić information content (AvgIpc) is 2.47. The molecule has 1 N–H and O–H groups in total. The van der Waals surface area contributed by atoms with Gasteiger partial charge >= 0.3 is 65.1 Å². The second-order valence-electron chi connectivity index (χ2n) is 4.37. The number of aromatic carboxylic acids is 1. The summed E-state index contributed by atoms with van der Waals surface area (Å²) in [6.45, 7) is 0. The van der Waals surface area contributed by atoms with Crippen LogP contribution in [-0.2, 0) is 10.1 Å². The maximum absolute atomic E-state index is 11.3. The summed E-state index contributed by atoms with van der Waals surface area (Å²) in [7, 11) is -4.80. The van der Waals surface area contributed by atoms with Crippen molar-refractivity contribution >= 4 is 50.7 Å². The third-order valence-electron chi connectivity index (χ3n) is 2.74. The summed E-state index contributed by atoms with van der Waals surface area (Å²) < 4.78 is 33.0. The zero-order valence-electron chi connectivity index (χ0n) is 13.4. The van der Waals surface area contributed by atoms with E-state index in [1.54, 1.807) is 0 Å². The molecule has 0 aliphatic heterocycles. The summed E-state index contributed by atoms with van der Waals surface area (Å²) >= 11 is 11.5. The fraction of sp³-hybridized carbons (Fsp3) is 0. The van der Waals surface area contributed by atoms with Gasteiger partial charge in [0.25, 0.3) is 0 Å². The molecule has 0 amide bonds. The second kappa shape index (κ2) is 10.4. The van der Waals surface area contributed by atoms with Crippen LogP contribution in [0.2, 0.25) is 10.0 Å². The SMILES string of the molecule is O=C(O)c1cc(N=Nc2cc(Cl)c(S(=O)(=O)[O-])cc2Cl)ccc1[O-].[Na+].[Na+]. The predicted octanol–water partition coefficient (Wildman–Crippen LogP) is -2.91. The van der Waals surface area contributed by atoms with Crippen molar-refractivity contribution < 1.29 is 87.1 Å². The van der Waals surface area contributed by atoms with Crippen molar-refractivity contribution in [1.82, 2.24) is 0 Å². The molecule has 13 heteroatoms. The van der Waals surface area contributed by atoms with Crippen LogP contribution in [-0.4, -0.2) is 24.0 Å².